The van der Waals surface area contributed by atoms with Crippen molar-refractivity contribution in [3.8, 4) is 24.0 Å². The Morgan fingerprint density at radius 2 is 1.79 bits per heavy atom. The highest BCUT2D eigenvalue weighted by Crippen LogP contribution is 2.28. The summed E-state index contributed by atoms with van der Waals surface area (Å²) >= 11 is 0. The van der Waals surface area contributed by atoms with E-state index in [0.29, 0.717) is 12.3 Å². The Bertz CT molecular complexity index is 868. The van der Waals surface area contributed by atoms with Crippen molar-refractivity contribution in [2.45, 2.75) is 13.3 Å². The standard InChI is InChI=1S/C17H14N6O/c1-2-24-12-5-3-11(4-6-12)22-17-15(10-20)13(7-8-18)14(9-19)16(21)23-17/h3-6H,2,7H2,1H3,(H3,21,22,23). The summed E-state index contributed by atoms with van der Waals surface area (Å²) in [5.74, 6) is 0.916. The number of nitrogens with two attached hydrogens (primary N) is 1. The molecule has 24 heavy (non-hydrogen) atoms. The quantitative estimate of drug-likeness (QED) is 0.865. The summed E-state index contributed by atoms with van der Waals surface area (Å²) < 4.78 is 5.37. The Hall–Kier alpha value is -3.76. The monoisotopic (exact) mass is 318 g/mol. The minimum atomic E-state index is -0.101. The van der Waals surface area contributed by atoms with E-state index in [1.807, 2.05) is 25.1 Å². The fraction of sp³-hybridized carbons (Fsp3) is 0.176. The van der Waals surface area contributed by atoms with Crippen LogP contribution in [0.25, 0.3) is 0 Å². The molecule has 1 aromatic carbocycles. The Balaban J connectivity index is 2.45. The molecule has 0 aliphatic rings. The average molecular weight is 318 g/mol. The predicted molar refractivity (Wildman–Crippen MR) is 88.3 cm³/mol. The zero-order valence-corrected chi connectivity index (χ0v) is 13.0. The summed E-state index contributed by atoms with van der Waals surface area (Å²) in [5.41, 5.74) is 6.94. The molecule has 0 aliphatic carbocycles. The Labute approximate surface area is 139 Å². The Kier molecular flexibility index (Phi) is 5.18. The number of pyridine rings is 1. The molecular formula is C17H14N6O. The largest absolute Gasteiger partial charge is 0.494 e. The van der Waals surface area contributed by atoms with Gasteiger partial charge in [0, 0.05) is 11.3 Å². The molecule has 7 heteroatoms. The summed E-state index contributed by atoms with van der Waals surface area (Å²) in [6, 6.07) is 12.9. The summed E-state index contributed by atoms with van der Waals surface area (Å²) in [6.45, 7) is 2.46. The van der Waals surface area contributed by atoms with E-state index in [4.69, 9.17) is 15.7 Å². The third-order valence-electron chi connectivity index (χ3n) is 3.24. The van der Waals surface area contributed by atoms with Crippen molar-refractivity contribution in [1.29, 1.82) is 15.8 Å². The first-order chi connectivity index (χ1) is 11.6. The van der Waals surface area contributed by atoms with Crippen molar-refractivity contribution < 1.29 is 4.74 Å². The van der Waals surface area contributed by atoms with Crippen LogP contribution in [0.4, 0.5) is 17.3 Å². The van der Waals surface area contributed by atoms with E-state index in [1.54, 1.807) is 24.3 Å². The van der Waals surface area contributed by atoms with Crippen molar-refractivity contribution in [1.82, 2.24) is 4.98 Å². The van der Waals surface area contributed by atoms with Crippen LogP contribution in [0.5, 0.6) is 5.75 Å². The van der Waals surface area contributed by atoms with Crippen LogP contribution in [0.2, 0.25) is 0 Å². The number of hydrogen-bond donors (Lipinski definition) is 2. The molecule has 0 unspecified atom stereocenters. The molecule has 0 aliphatic heterocycles. The molecule has 0 fully saturated rings. The van der Waals surface area contributed by atoms with Crippen LogP contribution in [0.1, 0.15) is 23.6 Å². The van der Waals surface area contributed by atoms with Gasteiger partial charge in [-0.3, -0.25) is 0 Å². The third kappa shape index (κ3) is 3.35. The van der Waals surface area contributed by atoms with Gasteiger partial charge in [-0.25, -0.2) is 4.98 Å². The molecule has 0 spiro atoms. The lowest BCUT2D eigenvalue weighted by atomic mass is 10.0. The third-order valence-corrected chi connectivity index (χ3v) is 3.24. The number of nitriles is 3. The number of nitrogen functional groups attached to an aromatic ring is 1. The van der Waals surface area contributed by atoms with Crippen LogP contribution >= 0.6 is 0 Å². The lowest BCUT2D eigenvalue weighted by Crippen LogP contribution is -2.08. The average Bonchev–Trinajstić information content (AvgIpc) is 2.57. The molecule has 2 rings (SSSR count). The highest BCUT2D eigenvalue weighted by Gasteiger charge is 2.18. The number of nitrogens with one attached hydrogen (secondary N) is 1. The van der Waals surface area contributed by atoms with Crippen LogP contribution in [-0.2, 0) is 6.42 Å². The molecule has 118 valence electrons. The molecule has 0 radical (unpaired) electrons. The van der Waals surface area contributed by atoms with E-state index in [9.17, 15) is 10.5 Å². The molecule has 1 aromatic heterocycles. The van der Waals surface area contributed by atoms with Crippen LogP contribution < -0.4 is 15.8 Å². The first-order valence-corrected chi connectivity index (χ1v) is 7.14. The van der Waals surface area contributed by atoms with E-state index in [1.165, 1.54) is 0 Å². The van der Waals surface area contributed by atoms with E-state index in [0.717, 1.165) is 5.75 Å². The molecule has 3 N–H and O–H groups in total. The van der Waals surface area contributed by atoms with E-state index in [2.05, 4.69) is 10.3 Å². The minimum absolute atomic E-state index is 0.0183. The number of aromatic nitrogens is 1. The van der Waals surface area contributed by atoms with E-state index in [-0.39, 0.29) is 34.7 Å². The second-order valence-electron chi connectivity index (χ2n) is 4.72. The van der Waals surface area contributed by atoms with Crippen LogP contribution in [0, 0.1) is 34.0 Å². The van der Waals surface area contributed by atoms with Crippen LogP contribution in [0.15, 0.2) is 24.3 Å². The van der Waals surface area contributed by atoms with Gasteiger partial charge in [0.05, 0.1) is 24.7 Å². The van der Waals surface area contributed by atoms with Gasteiger partial charge in [0.15, 0.2) is 5.82 Å². The smallest absolute Gasteiger partial charge is 0.151 e. The van der Waals surface area contributed by atoms with Crippen molar-refractivity contribution in [3.05, 3.63) is 41.0 Å². The van der Waals surface area contributed by atoms with Gasteiger partial charge in [-0.2, -0.15) is 15.8 Å². The van der Waals surface area contributed by atoms with Crippen LogP contribution in [0.3, 0.4) is 0 Å². The SMILES string of the molecule is CCOc1ccc(Nc2nc(N)c(C#N)c(CC#N)c2C#N)cc1. The van der Waals surface area contributed by atoms with Gasteiger partial charge in [0.2, 0.25) is 0 Å². The van der Waals surface area contributed by atoms with Gasteiger partial charge >= 0.3 is 0 Å². The molecule has 0 amide bonds. The summed E-state index contributed by atoms with van der Waals surface area (Å²) in [7, 11) is 0. The Morgan fingerprint density at radius 3 is 2.33 bits per heavy atom. The molecular weight excluding hydrogens is 304 g/mol. The summed E-state index contributed by atoms with van der Waals surface area (Å²) in [5, 5.41) is 30.5. The van der Waals surface area contributed by atoms with Gasteiger partial charge in [-0.15, -0.1) is 0 Å². The molecule has 1 heterocycles. The normalized spacial score (nSPS) is 9.42. The maximum atomic E-state index is 9.42. The highest BCUT2D eigenvalue weighted by atomic mass is 16.5. The minimum Gasteiger partial charge on any atom is -0.494 e. The number of ether oxygens (including phenoxy) is 1. The molecule has 0 saturated carbocycles. The fourth-order valence-corrected chi connectivity index (χ4v) is 2.18. The van der Waals surface area contributed by atoms with Crippen molar-refractivity contribution >= 4 is 17.3 Å². The maximum absolute atomic E-state index is 9.42. The van der Waals surface area contributed by atoms with Crippen LogP contribution in [-0.4, -0.2) is 11.6 Å². The Morgan fingerprint density at radius 1 is 1.12 bits per heavy atom. The lowest BCUT2D eigenvalue weighted by Gasteiger charge is -2.13. The van der Waals surface area contributed by atoms with Gasteiger partial charge in [0.25, 0.3) is 0 Å². The molecule has 7 nitrogen and oxygen atoms in total. The number of rotatable bonds is 5. The van der Waals surface area contributed by atoms with Gasteiger partial charge in [-0.1, -0.05) is 0 Å². The van der Waals surface area contributed by atoms with Gasteiger partial charge < -0.3 is 15.8 Å². The molecule has 0 bridgehead atoms. The van der Waals surface area contributed by atoms with E-state index >= 15 is 0 Å². The number of hydrogen-bond acceptors (Lipinski definition) is 7. The highest BCUT2D eigenvalue weighted by molar-refractivity contribution is 5.71. The first kappa shape index (κ1) is 16.6. The van der Waals surface area contributed by atoms with E-state index < -0.39 is 0 Å². The topological polar surface area (TPSA) is 132 Å². The number of benzene rings is 1. The summed E-state index contributed by atoms with van der Waals surface area (Å²) in [6.07, 6.45) is -0.101. The fourth-order valence-electron chi connectivity index (χ4n) is 2.18. The first-order valence-electron chi connectivity index (χ1n) is 7.14. The van der Waals surface area contributed by atoms with Crippen molar-refractivity contribution in [3.63, 3.8) is 0 Å². The zero-order chi connectivity index (χ0) is 17.5. The number of anilines is 3. The second kappa shape index (κ2) is 7.49. The second-order valence-corrected chi connectivity index (χ2v) is 4.72. The molecule has 0 saturated heterocycles. The number of nitrogens with zero attached hydrogens (tertiary/aromatic N) is 4. The van der Waals surface area contributed by atoms with Crippen molar-refractivity contribution in [2.24, 2.45) is 0 Å². The van der Waals surface area contributed by atoms with Gasteiger partial charge in [-0.05, 0) is 31.2 Å². The van der Waals surface area contributed by atoms with Crippen molar-refractivity contribution in [2.75, 3.05) is 17.7 Å². The summed E-state index contributed by atoms with van der Waals surface area (Å²) in [4.78, 5) is 4.09. The lowest BCUT2D eigenvalue weighted by molar-refractivity contribution is 0.340. The zero-order valence-electron chi connectivity index (χ0n) is 13.0. The van der Waals surface area contributed by atoms with Gasteiger partial charge in [0.1, 0.15) is 29.3 Å². The maximum Gasteiger partial charge on any atom is 0.151 e. The predicted octanol–water partition coefficient (Wildman–Crippen LogP) is 2.62. The molecule has 0 atom stereocenters. The molecule has 2 aromatic rings.